The van der Waals surface area contributed by atoms with Crippen LogP contribution >= 0.6 is 7.60 Å². The lowest BCUT2D eigenvalue weighted by Crippen LogP contribution is -2.19. The largest absolute Gasteiger partial charge is 0.341 e. The van der Waals surface area contributed by atoms with Gasteiger partial charge < -0.3 is 9.05 Å². The second kappa shape index (κ2) is 5.06. The summed E-state index contributed by atoms with van der Waals surface area (Å²) in [6.07, 6.45) is 2.25. The molecule has 5 heteroatoms. The minimum absolute atomic E-state index is 0.111. The maximum atomic E-state index is 12.3. The van der Waals surface area contributed by atoms with Gasteiger partial charge in [0.25, 0.3) is 0 Å². The molecule has 0 saturated heterocycles. The van der Waals surface area contributed by atoms with Crippen LogP contribution < -0.4 is 0 Å². The summed E-state index contributed by atoms with van der Waals surface area (Å²) in [5, 5.41) is 0. The van der Waals surface area contributed by atoms with E-state index in [4.69, 9.17) is 9.05 Å². The van der Waals surface area contributed by atoms with Crippen molar-refractivity contribution in [2.75, 3.05) is 13.2 Å². The van der Waals surface area contributed by atoms with Gasteiger partial charge in [-0.2, -0.15) is 0 Å². The molecule has 0 bridgehead atoms. The fraction of sp³-hybridized carbons (Fsp3) is 0.700. The Kier molecular flexibility index (Phi) is 4.26. The van der Waals surface area contributed by atoms with Crippen LogP contribution in [0, 0.1) is 0 Å². The summed E-state index contributed by atoms with van der Waals surface area (Å²) in [5.74, 6) is -0.111. The van der Waals surface area contributed by atoms with Crippen LogP contribution in [-0.2, 0) is 18.4 Å². The number of hydrogen-bond donors (Lipinski definition) is 0. The van der Waals surface area contributed by atoms with Gasteiger partial charge in [0.15, 0.2) is 5.78 Å². The summed E-state index contributed by atoms with van der Waals surface area (Å²) in [7, 11) is -3.26. The third-order valence-corrected chi connectivity index (χ3v) is 4.78. The van der Waals surface area contributed by atoms with E-state index in [9.17, 15) is 9.36 Å². The summed E-state index contributed by atoms with van der Waals surface area (Å²) >= 11 is 0. The van der Waals surface area contributed by atoms with E-state index in [2.05, 4.69) is 0 Å². The smallest absolute Gasteiger partial charge is 0.308 e. The van der Waals surface area contributed by atoms with Crippen LogP contribution in [0.4, 0.5) is 0 Å². The summed E-state index contributed by atoms with van der Waals surface area (Å²) in [4.78, 5) is 11.7. The topological polar surface area (TPSA) is 52.6 Å². The Labute approximate surface area is 90.2 Å². The molecule has 1 aliphatic carbocycles. The maximum Gasteiger partial charge on any atom is 0.341 e. The van der Waals surface area contributed by atoms with E-state index in [0.717, 1.165) is 0 Å². The van der Waals surface area contributed by atoms with Crippen molar-refractivity contribution in [1.82, 2.24) is 0 Å². The molecule has 0 saturated carbocycles. The van der Waals surface area contributed by atoms with E-state index in [-0.39, 0.29) is 5.78 Å². The summed E-state index contributed by atoms with van der Waals surface area (Å²) in [6, 6.07) is 0. The molecule has 1 aliphatic rings. The van der Waals surface area contributed by atoms with Gasteiger partial charge in [-0.1, -0.05) is 6.08 Å². The van der Waals surface area contributed by atoms with Gasteiger partial charge >= 0.3 is 7.60 Å². The van der Waals surface area contributed by atoms with Gasteiger partial charge in [0.05, 0.1) is 13.2 Å². The normalized spacial score (nSPS) is 21.9. The highest BCUT2D eigenvalue weighted by atomic mass is 31.2. The first kappa shape index (κ1) is 12.6. The van der Waals surface area contributed by atoms with E-state index in [1.54, 1.807) is 26.8 Å². The molecule has 0 N–H and O–H groups in total. The molecule has 0 aromatic rings. The number of allylic oxidation sites excluding steroid dienone is 2. The predicted molar refractivity (Wildman–Crippen MR) is 58.0 cm³/mol. The molecule has 0 aromatic carbocycles. The summed E-state index contributed by atoms with van der Waals surface area (Å²) in [6.45, 7) is 5.79. The zero-order valence-corrected chi connectivity index (χ0v) is 10.3. The highest BCUT2D eigenvalue weighted by molar-refractivity contribution is 7.55. The van der Waals surface area contributed by atoms with Gasteiger partial charge in [-0.25, -0.2) is 0 Å². The van der Waals surface area contributed by atoms with E-state index in [1.165, 1.54) is 0 Å². The maximum absolute atomic E-state index is 12.3. The van der Waals surface area contributed by atoms with Gasteiger partial charge in [-0.05, 0) is 32.8 Å². The average Bonchev–Trinajstić information content (AvgIpc) is 2.49. The Hall–Kier alpha value is -0.440. The zero-order chi connectivity index (χ0) is 11.5. The number of rotatable bonds is 5. The monoisotopic (exact) mass is 232 g/mol. The highest BCUT2D eigenvalue weighted by Gasteiger charge is 2.43. The van der Waals surface area contributed by atoms with Crippen LogP contribution in [0.15, 0.2) is 11.6 Å². The fourth-order valence-electron chi connectivity index (χ4n) is 1.61. The molecule has 86 valence electrons. The third-order valence-electron chi connectivity index (χ3n) is 2.34. The highest BCUT2D eigenvalue weighted by Crippen LogP contribution is 2.56. The summed E-state index contributed by atoms with van der Waals surface area (Å²) < 4.78 is 22.6. The van der Waals surface area contributed by atoms with E-state index in [0.29, 0.717) is 25.2 Å². The van der Waals surface area contributed by atoms with E-state index < -0.39 is 13.3 Å². The minimum atomic E-state index is -3.26. The predicted octanol–water partition coefficient (Wildman–Crippen LogP) is 2.54. The standard InChI is InChI=1S/C10H17O4P/c1-4-13-15(12,14-5-2)9-7-6-8(3)10(9)11/h6,9H,4-5,7H2,1-3H3. The zero-order valence-electron chi connectivity index (χ0n) is 9.36. The number of carbonyl (C=O) groups is 1. The molecule has 0 heterocycles. The molecule has 15 heavy (non-hydrogen) atoms. The van der Waals surface area contributed by atoms with Crippen LogP contribution in [0.1, 0.15) is 27.2 Å². The lowest BCUT2D eigenvalue weighted by atomic mass is 10.2. The van der Waals surface area contributed by atoms with Crippen LogP contribution in [0.2, 0.25) is 0 Å². The van der Waals surface area contributed by atoms with Gasteiger partial charge in [0.1, 0.15) is 5.66 Å². The molecule has 0 aliphatic heterocycles. The van der Waals surface area contributed by atoms with Gasteiger partial charge in [-0.3, -0.25) is 9.36 Å². The van der Waals surface area contributed by atoms with Crippen molar-refractivity contribution in [3.8, 4) is 0 Å². The fourth-order valence-corrected chi connectivity index (χ4v) is 3.62. The van der Waals surface area contributed by atoms with Crippen molar-refractivity contribution in [2.24, 2.45) is 0 Å². The van der Waals surface area contributed by atoms with Crippen LogP contribution in [0.25, 0.3) is 0 Å². The first-order chi connectivity index (χ1) is 7.05. The quantitative estimate of drug-likeness (QED) is 0.683. The lowest BCUT2D eigenvalue weighted by Gasteiger charge is -2.21. The number of Topliss-reactive ketones (excluding diaryl/α,β-unsaturated/α-hetero) is 1. The first-order valence-electron chi connectivity index (χ1n) is 5.15. The van der Waals surface area contributed by atoms with Crippen LogP contribution in [0.5, 0.6) is 0 Å². The van der Waals surface area contributed by atoms with E-state index >= 15 is 0 Å². The Morgan fingerprint density at radius 2 is 1.93 bits per heavy atom. The van der Waals surface area contributed by atoms with Gasteiger partial charge in [0, 0.05) is 0 Å². The molecular weight excluding hydrogens is 215 g/mol. The molecular formula is C10H17O4P. The minimum Gasteiger partial charge on any atom is -0.308 e. The van der Waals surface area contributed by atoms with Crippen molar-refractivity contribution in [3.05, 3.63) is 11.6 Å². The SMILES string of the molecule is CCOP(=O)(OCC)C1CC=C(C)C1=O. The van der Waals surface area contributed by atoms with E-state index in [1.807, 2.05) is 0 Å². The Bertz CT molecular complexity index is 311. The van der Waals surface area contributed by atoms with Crippen molar-refractivity contribution in [3.63, 3.8) is 0 Å². The average molecular weight is 232 g/mol. The van der Waals surface area contributed by atoms with Crippen molar-refractivity contribution < 1.29 is 18.4 Å². The van der Waals surface area contributed by atoms with Gasteiger partial charge in [-0.15, -0.1) is 0 Å². The second-order valence-corrected chi connectivity index (χ2v) is 5.60. The lowest BCUT2D eigenvalue weighted by molar-refractivity contribution is -0.114. The number of ketones is 1. The van der Waals surface area contributed by atoms with Crippen LogP contribution in [-0.4, -0.2) is 24.7 Å². The first-order valence-corrected chi connectivity index (χ1v) is 6.76. The molecule has 0 fully saturated rings. The summed E-state index contributed by atoms with van der Waals surface area (Å²) in [5.41, 5.74) is 0.0250. The molecule has 1 unspecified atom stereocenters. The van der Waals surface area contributed by atoms with Crippen molar-refractivity contribution in [2.45, 2.75) is 32.9 Å². The van der Waals surface area contributed by atoms with Crippen molar-refractivity contribution in [1.29, 1.82) is 0 Å². The molecule has 0 radical (unpaired) electrons. The Morgan fingerprint density at radius 3 is 2.27 bits per heavy atom. The molecule has 1 atom stereocenters. The third kappa shape index (κ3) is 2.57. The number of hydrogen-bond acceptors (Lipinski definition) is 4. The molecule has 0 aromatic heterocycles. The molecule has 0 amide bonds. The van der Waals surface area contributed by atoms with Crippen LogP contribution in [0.3, 0.4) is 0 Å². The molecule has 4 nitrogen and oxygen atoms in total. The molecule has 0 spiro atoms. The molecule has 1 rings (SSSR count). The van der Waals surface area contributed by atoms with Gasteiger partial charge in [0.2, 0.25) is 0 Å². The Morgan fingerprint density at radius 1 is 1.40 bits per heavy atom. The second-order valence-electron chi connectivity index (χ2n) is 3.38. The Balaban J connectivity index is 2.83. The number of carbonyl (C=O) groups excluding carboxylic acids is 1. The van der Waals surface area contributed by atoms with Crippen molar-refractivity contribution >= 4 is 13.4 Å².